The molecule has 2 rings (SSSR count). The zero-order chi connectivity index (χ0) is 14.7. The highest BCUT2D eigenvalue weighted by Crippen LogP contribution is 2.24. The number of rotatable bonds is 3. The molecular weight excluding hydrogens is 248 g/mol. The average molecular weight is 276 g/mol. The Bertz CT molecular complexity index is 426. The van der Waals surface area contributed by atoms with Crippen molar-refractivity contribution in [3.8, 4) is 0 Å². The third-order valence-corrected chi connectivity index (χ3v) is 4.28. The van der Waals surface area contributed by atoms with Crippen LogP contribution in [0, 0.1) is 13.8 Å². The highest BCUT2D eigenvalue weighted by Gasteiger charge is 2.29. The zero-order valence-electron chi connectivity index (χ0n) is 13.2. The van der Waals surface area contributed by atoms with E-state index in [4.69, 9.17) is 5.84 Å². The fraction of sp³-hybridized carbons (Fsp3) is 0.625. The van der Waals surface area contributed by atoms with Crippen molar-refractivity contribution >= 4 is 0 Å². The van der Waals surface area contributed by atoms with Gasteiger partial charge in [0, 0.05) is 12.6 Å². The standard InChI is InChI=1S/C16H28N4/c1-12-8-13(2)10-14(9-12)16(18-17)15-11-19(3)6-5-7-20(15)4/h8-10,15-16,18H,5-7,11,17H2,1-4H3. The van der Waals surface area contributed by atoms with Gasteiger partial charge in [0.25, 0.3) is 0 Å². The number of hydrazine groups is 1. The molecule has 1 heterocycles. The van der Waals surface area contributed by atoms with Crippen LogP contribution in [0.1, 0.15) is 29.2 Å². The Balaban J connectivity index is 2.29. The van der Waals surface area contributed by atoms with Crippen LogP contribution < -0.4 is 11.3 Å². The molecule has 0 aromatic heterocycles. The van der Waals surface area contributed by atoms with Gasteiger partial charge in [0.15, 0.2) is 0 Å². The van der Waals surface area contributed by atoms with Crippen molar-refractivity contribution in [2.45, 2.75) is 32.4 Å². The molecule has 4 heteroatoms. The Labute approximate surface area is 122 Å². The van der Waals surface area contributed by atoms with Crippen LogP contribution in [-0.2, 0) is 0 Å². The highest BCUT2D eigenvalue weighted by atomic mass is 15.3. The summed E-state index contributed by atoms with van der Waals surface area (Å²) in [5.74, 6) is 5.90. The van der Waals surface area contributed by atoms with Gasteiger partial charge in [-0.3, -0.25) is 11.3 Å². The van der Waals surface area contributed by atoms with Gasteiger partial charge in [0.05, 0.1) is 6.04 Å². The average Bonchev–Trinajstić information content (AvgIpc) is 2.52. The predicted octanol–water partition coefficient (Wildman–Crippen LogP) is 1.44. The Hall–Kier alpha value is -0.940. The van der Waals surface area contributed by atoms with Crippen molar-refractivity contribution in [3.05, 3.63) is 34.9 Å². The largest absolute Gasteiger partial charge is 0.305 e. The van der Waals surface area contributed by atoms with Crippen molar-refractivity contribution in [2.24, 2.45) is 5.84 Å². The first kappa shape index (κ1) is 15.4. The molecule has 1 aromatic carbocycles. The van der Waals surface area contributed by atoms with Gasteiger partial charge >= 0.3 is 0 Å². The first-order chi connectivity index (χ1) is 9.51. The van der Waals surface area contributed by atoms with Crippen molar-refractivity contribution in [2.75, 3.05) is 33.7 Å². The molecule has 20 heavy (non-hydrogen) atoms. The second kappa shape index (κ2) is 6.68. The Morgan fingerprint density at radius 1 is 1.15 bits per heavy atom. The van der Waals surface area contributed by atoms with E-state index in [0.717, 1.165) is 19.6 Å². The first-order valence-electron chi connectivity index (χ1n) is 7.44. The maximum atomic E-state index is 5.90. The molecule has 0 amide bonds. The molecular formula is C16H28N4. The number of benzene rings is 1. The lowest BCUT2D eigenvalue weighted by molar-refractivity contribution is 0.178. The minimum absolute atomic E-state index is 0.166. The van der Waals surface area contributed by atoms with E-state index in [1.165, 1.54) is 23.1 Å². The van der Waals surface area contributed by atoms with Crippen LogP contribution in [0.5, 0.6) is 0 Å². The van der Waals surface area contributed by atoms with Gasteiger partial charge in [-0.15, -0.1) is 0 Å². The number of aryl methyl sites for hydroxylation is 2. The number of nitrogens with zero attached hydrogens (tertiary/aromatic N) is 2. The molecule has 1 aliphatic rings. The van der Waals surface area contributed by atoms with Gasteiger partial charge in [0.2, 0.25) is 0 Å². The third kappa shape index (κ3) is 3.58. The fourth-order valence-corrected chi connectivity index (χ4v) is 3.28. The van der Waals surface area contributed by atoms with Gasteiger partial charge in [-0.1, -0.05) is 29.3 Å². The van der Waals surface area contributed by atoms with Gasteiger partial charge in [0.1, 0.15) is 0 Å². The summed E-state index contributed by atoms with van der Waals surface area (Å²) >= 11 is 0. The molecule has 4 nitrogen and oxygen atoms in total. The second-order valence-electron chi connectivity index (χ2n) is 6.23. The summed E-state index contributed by atoms with van der Waals surface area (Å²) in [6, 6.07) is 7.26. The lowest BCUT2D eigenvalue weighted by Gasteiger charge is -2.34. The summed E-state index contributed by atoms with van der Waals surface area (Å²) in [5, 5.41) is 0. The van der Waals surface area contributed by atoms with Gasteiger partial charge in [-0.05, 0) is 53.0 Å². The van der Waals surface area contributed by atoms with Crippen LogP contribution >= 0.6 is 0 Å². The molecule has 0 radical (unpaired) electrons. The van der Waals surface area contributed by atoms with E-state index in [0.29, 0.717) is 6.04 Å². The Morgan fingerprint density at radius 2 is 1.80 bits per heavy atom. The second-order valence-corrected chi connectivity index (χ2v) is 6.23. The van der Waals surface area contributed by atoms with E-state index in [2.05, 4.69) is 61.4 Å². The van der Waals surface area contributed by atoms with Crippen LogP contribution in [0.15, 0.2) is 18.2 Å². The van der Waals surface area contributed by atoms with E-state index in [1.807, 2.05) is 0 Å². The maximum absolute atomic E-state index is 5.90. The van der Waals surface area contributed by atoms with E-state index in [1.54, 1.807) is 0 Å². The van der Waals surface area contributed by atoms with Crippen molar-refractivity contribution in [1.82, 2.24) is 15.2 Å². The molecule has 0 spiro atoms. The number of nitrogens with two attached hydrogens (primary N) is 1. The molecule has 2 unspecified atom stereocenters. The quantitative estimate of drug-likeness (QED) is 0.648. The smallest absolute Gasteiger partial charge is 0.0627 e. The van der Waals surface area contributed by atoms with Crippen LogP contribution in [-0.4, -0.2) is 49.6 Å². The van der Waals surface area contributed by atoms with Crippen LogP contribution in [0.4, 0.5) is 0 Å². The number of likely N-dealkylation sites (N-methyl/N-ethyl adjacent to an activating group) is 2. The van der Waals surface area contributed by atoms with E-state index < -0.39 is 0 Å². The molecule has 1 fully saturated rings. The summed E-state index contributed by atoms with van der Waals surface area (Å²) in [4.78, 5) is 4.84. The van der Waals surface area contributed by atoms with Crippen molar-refractivity contribution < 1.29 is 0 Å². The molecule has 0 bridgehead atoms. The molecule has 3 N–H and O–H groups in total. The van der Waals surface area contributed by atoms with Gasteiger partial charge in [-0.25, -0.2) is 0 Å². The molecule has 1 aliphatic heterocycles. The van der Waals surface area contributed by atoms with Crippen LogP contribution in [0.2, 0.25) is 0 Å². The lowest BCUT2D eigenvalue weighted by atomic mass is 9.95. The summed E-state index contributed by atoms with van der Waals surface area (Å²) in [5.41, 5.74) is 6.93. The van der Waals surface area contributed by atoms with E-state index in [-0.39, 0.29) is 6.04 Å². The van der Waals surface area contributed by atoms with Gasteiger partial charge in [-0.2, -0.15) is 0 Å². The molecule has 112 valence electrons. The minimum atomic E-state index is 0.166. The summed E-state index contributed by atoms with van der Waals surface area (Å²) in [6.45, 7) is 7.61. The monoisotopic (exact) mass is 276 g/mol. The third-order valence-electron chi connectivity index (χ3n) is 4.28. The van der Waals surface area contributed by atoms with Crippen molar-refractivity contribution in [1.29, 1.82) is 0 Å². The van der Waals surface area contributed by atoms with E-state index in [9.17, 15) is 0 Å². The van der Waals surface area contributed by atoms with Crippen LogP contribution in [0.3, 0.4) is 0 Å². The first-order valence-corrected chi connectivity index (χ1v) is 7.44. The van der Waals surface area contributed by atoms with Crippen LogP contribution in [0.25, 0.3) is 0 Å². The Kier molecular flexibility index (Phi) is 5.16. The minimum Gasteiger partial charge on any atom is -0.305 e. The number of nitrogens with one attached hydrogen (secondary N) is 1. The number of hydrogen-bond donors (Lipinski definition) is 2. The zero-order valence-corrected chi connectivity index (χ0v) is 13.2. The summed E-state index contributed by atoms with van der Waals surface area (Å²) in [7, 11) is 4.40. The Morgan fingerprint density at radius 3 is 2.40 bits per heavy atom. The highest BCUT2D eigenvalue weighted by molar-refractivity contribution is 5.31. The predicted molar refractivity (Wildman–Crippen MR) is 84.5 cm³/mol. The summed E-state index contributed by atoms with van der Waals surface area (Å²) < 4.78 is 0. The number of hydrogen-bond acceptors (Lipinski definition) is 4. The lowest BCUT2D eigenvalue weighted by Crippen LogP contribution is -2.48. The summed E-state index contributed by atoms with van der Waals surface area (Å²) in [6.07, 6.45) is 1.22. The SMILES string of the molecule is Cc1cc(C)cc(C(NN)C2CN(C)CCCN2C)c1. The van der Waals surface area contributed by atoms with Gasteiger partial charge < -0.3 is 9.80 Å². The fourth-order valence-electron chi connectivity index (χ4n) is 3.28. The molecule has 1 aromatic rings. The maximum Gasteiger partial charge on any atom is 0.0627 e. The molecule has 1 saturated heterocycles. The topological polar surface area (TPSA) is 44.5 Å². The van der Waals surface area contributed by atoms with E-state index >= 15 is 0 Å². The molecule has 0 aliphatic carbocycles. The molecule has 2 atom stereocenters. The normalized spacial score (nSPS) is 23.6. The molecule has 0 saturated carbocycles. The van der Waals surface area contributed by atoms with Crippen molar-refractivity contribution in [3.63, 3.8) is 0 Å².